The lowest BCUT2D eigenvalue weighted by atomic mass is 9.99. The van der Waals surface area contributed by atoms with Crippen LogP contribution in [0.2, 0.25) is 5.02 Å². The first kappa shape index (κ1) is 52.4. The number of H-pyrrole nitrogens is 1. The van der Waals surface area contributed by atoms with Crippen LogP contribution in [0.1, 0.15) is 48.6 Å². The van der Waals surface area contributed by atoms with Crippen molar-refractivity contribution in [1.82, 2.24) is 15.3 Å². The van der Waals surface area contributed by atoms with Crippen LogP contribution in [-0.4, -0.2) is 71.4 Å². The number of phenols is 1. The zero-order valence-electron chi connectivity index (χ0n) is 38.7. The summed E-state index contributed by atoms with van der Waals surface area (Å²) in [6.07, 6.45) is 0.816. The number of nitrogens with two attached hydrogens (primary N) is 1. The molecule has 10 N–H and O–H groups in total. The fraction of sp³-hybridized carbons (Fsp3) is 0.192. The van der Waals surface area contributed by atoms with E-state index >= 15 is 0 Å². The maximum atomic E-state index is 11.8. The molecule has 0 unspecified atom stereocenters. The number of hydrogen-bond acceptors (Lipinski definition) is 14. The molecule has 20 heteroatoms. The van der Waals surface area contributed by atoms with Gasteiger partial charge in [0.05, 0.1) is 11.5 Å². The number of rotatable bonds is 13. The van der Waals surface area contributed by atoms with Crippen LogP contribution in [0.3, 0.4) is 0 Å². The molecule has 0 amide bonds. The number of benzene rings is 4. The van der Waals surface area contributed by atoms with E-state index in [1.807, 2.05) is 86.0 Å². The lowest BCUT2D eigenvalue weighted by Crippen LogP contribution is -2.36. The molecule has 5 heterocycles. The number of carboxylic acid groups (broad SMARTS) is 1. The number of carboxylic acids is 1. The van der Waals surface area contributed by atoms with Gasteiger partial charge in [0, 0.05) is 34.1 Å². The summed E-state index contributed by atoms with van der Waals surface area (Å²) in [4.78, 5) is 48.2. The average molecular weight is 1030 g/mol. The number of nitriles is 1. The van der Waals surface area contributed by atoms with Crippen molar-refractivity contribution in [2.75, 3.05) is 18.9 Å². The number of hydrogen-bond donors (Lipinski definition) is 9. The number of furan rings is 1. The van der Waals surface area contributed by atoms with Gasteiger partial charge in [0.25, 0.3) is 5.56 Å². The summed E-state index contributed by atoms with van der Waals surface area (Å²) in [6, 6.07) is 35.4. The number of aliphatic carboxylic acids is 1. The Kier molecular flexibility index (Phi) is 16.9. The van der Waals surface area contributed by atoms with Gasteiger partial charge in [0.2, 0.25) is 11.6 Å². The number of fused-ring (bicyclic) bond motifs is 2. The third-order valence-electron chi connectivity index (χ3n) is 11.3. The first-order valence-electron chi connectivity index (χ1n) is 22.3. The third-order valence-corrected chi connectivity index (χ3v) is 13.2. The number of aromatic hydroxyl groups is 2. The minimum absolute atomic E-state index is 0.00851. The summed E-state index contributed by atoms with van der Waals surface area (Å²) in [5.74, 6) is 0.506. The van der Waals surface area contributed by atoms with Crippen molar-refractivity contribution in [1.29, 1.82) is 5.26 Å². The molecule has 3 atom stereocenters. The number of nitrogens with one attached hydrogen (secondary N) is 2. The molecule has 0 radical (unpaired) electrons. The lowest BCUT2D eigenvalue weighted by Gasteiger charge is -2.24. The molecule has 0 fully saturated rings. The number of phenolic OH excluding ortho intramolecular Hbond substituents is 1. The Morgan fingerprint density at radius 2 is 1.72 bits per heavy atom. The Morgan fingerprint density at radius 1 is 0.986 bits per heavy atom. The molecule has 4 aromatic carbocycles. The highest BCUT2D eigenvalue weighted by Crippen LogP contribution is 2.40. The molecule has 1 aliphatic rings. The maximum Gasteiger partial charge on any atom is 0.391 e. The number of nitrogens with zero attached hydrogens (tertiary/aromatic N) is 2. The second kappa shape index (κ2) is 23.2. The second-order valence-electron chi connectivity index (χ2n) is 16.5. The van der Waals surface area contributed by atoms with Crippen LogP contribution in [-0.2, 0) is 22.2 Å². The SMILES string of the molecule is CCCc1ccc(N)nc1-c1ccc(P(=O)(O)O)o1.C[C@H](Cc1ccc2c(c1)OC[C@H](C(=O)O)O2)NC[C@H](O)c1cccc(Cl)c1.N#Cc1c(O)c2c(-c3ccc(-c4ccccc4O)cc3)csc2[nH]c1=O. The van der Waals surface area contributed by atoms with Crippen LogP contribution < -0.4 is 31.6 Å². The van der Waals surface area contributed by atoms with E-state index in [0.29, 0.717) is 50.6 Å². The molecule has 1 aliphatic heterocycles. The van der Waals surface area contributed by atoms with Crippen molar-refractivity contribution in [2.24, 2.45) is 0 Å². The largest absolute Gasteiger partial charge is 0.507 e. The number of anilines is 1. The van der Waals surface area contributed by atoms with Crippen LogP contribution in [0.5, 0.6) is 23.0 Å². The fourth-order valence-electron chi connectivity index (χ4n) is 7.68. The van der Waals surface area contributed by atoms with Gasteiger partial charge in [-0.05, 0) is 96.1 Å². The Balaban J connectivity index is 0.000000161. The van der Waals surface area contributed by atoms with E-state index < -0.39 is 31.3 Å². The van der Waals surface area contributed by atoms with E-state index in [9.17, 15) is 29.5 Å². The number of aromatic nitrogens is 2. The Hall–Kier alpha value is -7.46. The standard InChI is InChI=1S/C20H22ClNO5.C20H12N2O3S.C12H15N2O4P/c1-12(22-10-16(23)14-3-2-4-15(21)9-14)7-13-5-6-17-18(8-13)26-11-19(27-17)20(24)25;21-9-14-18(24)17-15(10-26-20(17)22-19(14)25)12-7-5-11(6-8-12)13-3-1-2-4-16(13)23;1-2-3-8-4-6-10(13)14-12(8)9-5-7-11(18-9)19(15,16)17/h2-6,8-9,12,16,19,22-23H,7,10-11H2,1H3,(H,24,25);1-8,10,23H,(H2,22,24,25);4-7H,2-3H2,1H3,(H2,13,14)(H2,15,16,17)/t12-,16+,19-;;/m1../s1. The van der Waals surface area contributed by atoms with E-state index in [4.69, 9.17) is 51.4 Å². The van der Waals surface area contributed by atoms with Crippen LogP contribution in [0.25, 0.3) is 43.9 Å². The highest BCUT2D eigenvalue weighted by Gasteiger charge is 2.28. The second-order valence-corrected chi connectivity index (χ2v) is 19.4. The molecule has 0 aliphatic carbocycles. The van der Waals surface area contributed by atoms with Crippen molar-refractivity contribution >= 4 is 58.0 Å². The molecular weight excluding hydrogens is 985 g/mol. The van der Waals surface area contributed by atoms with Crippen molar-refractivity contribution in [3.05, 3.63) is 158 Å². The zero-order valence-corrected chi connectivity index (χ0v) is 41.1. The summed E-state index contributed by atoms with van der Waals surface area (Å²) in [6.45, 7) is 4.46. The molecule has 372 valence electrons. The monoisotopic (exact) mass is 1030 g/mol. The van der Waals surface area contributed by atoms with E-state index in [1.165, 1.54) is 23.5 Å². The molecule has 9 rings (SSSR count). The number of aromatic amines is 1. The average Bonchev–Trinajstić information content (AvgIpc) is 4.04. The predicted molar refractivity (Wildman–Crippen MR) is 275 cm³/mol. The van der Waals surface area contributed by atoms with Gasteiger partial charge in [0.1, 0.15) is 40.5 Å². The van der Waals surface area contributed by atoms with Gasteiger partial charge in [-0.25, -0.2) is 9.78 Å². The smallest absolute Gasteiger partial charge is 0.391 e. The van der Waals surface area contributed by atoms with E-state index in [2.05, 4.69) is 15.3 Å². The van der Waals surface area contributed by atoms with E-state index in [1.54, 1.807) is 42.5 Å². The van der Waals surface area contributed by atoms with Crippen molar-refractivity contribution in [3.8, 4) is 62.8 Å². The molecule has 0 saturated heterocycles. The fourth-order valence-corrected chi connectivity index (χ4v) is 9.33. The molecule has 72 heavy (non-hydrogen) atoms. The van der Waals surface area contributed by atoms with Gasteiger partial charge in [0.15, 0.2) is 22.8 Å². The van der Waals surface area contributed by atoms with Crippen LogP contribution in [0, 0.1) is 11.3 Å². The number of halogens is 1. The first-order valence-corrected chi connectivity index (χ1v) is 25.2. The number of para-hydroxylation sites is 1. The number of ether oxygens (including phenoxy) is 2. The van der Waals surface area contributed by atoms with Crippen LogP contribution in [0.15, 0.2) is 130 Å². The number of aliphatic hydroxyl groups is 1. The highest BCUT2D eigenvalue weighted by molar-refractivity contribution is 7.59. The minimum Gasteiger partial charge on any atom is -0.507 e. The third kappa shape index (κ3) is 12.7. The predicted octanol–water partition coefficient (Wildman–Crippen LogP) is 8.70. The lowest BCUT2D eigenvalue weighted by molar-refractivity contribution is -0.147. The van der Waals surface area contributed by atoms with Gasteiger partial charge >= 0.3 is 13.6 Å². The molecule has 0 saturated carbocycles. The summed E-state index contributed by atoms with van der Waals surface area (Å²) < 4.78 is 27.2. The number of nitrogen functional groups attached to an aromatic ring is 1. The van der Waals surface area contributed by atoms with Crippen molar-refractivity contribution < 1.29 is 53.5 Å². The van der Waals surface area contributed by atoms with Gasteiger partial charge in [-0.3, -0.25) is 9.36 Å². The number of carbonyl (C=O) groups is 1. The first-order chi connectivity index (χ1) is 34.4. The van der Waals surface area contributed by atoms with Crippen molar-refractivity contribution in [2.45, 2.75) is 51.4 Å². The number of thiophene rings is 1. The van der Waals surface area contributed by atoms with Gasteiger partial charge < -0.3 is 60.1 Å². The summed E-state index contributed by atoms with van der Waals surface area (Å²) in [5, 5.41) is 54.9. The maximum absolute atomic E-state index is 11.8. The Morgan fingerprint density at radius 3 is 2.39 bits per heavy atom. The molecule has 0 bridgehead atoms. The summed E-state index contributed by atoms with van der Waals surface area (Å²) >= 11 is 7.25. The zero-order chi connectivity index (χ0) is 51.7. The molecule has 4 aromatic heterocycles. The van der Waals surface area contributed by atoms with Crippen LogP contribution in [0.4, 0.5) is 5.82 Å². The number of pyridine rings is 2. The normalized spacial score (nSPS) is 13.7. The minimum atomic E-state index is -4.39. The number of aliphatic hydroxyl groups excluding tert-OH is 1. The Labute approximate surface area is 421 Å². The highest BCUT2D eigenvalue weighted by atomic mass is 35.5. The molecule has 0 spiro atoms. The van der Waals surface area contributed by atoms with E-state index in [-0.39, 0.29) is 35.2 Å². The Bertz CT molecular complexity index is 3370. The molecular formula is C52H49ClN5O12PS. The summed E-state index contributed by atoms with van der Waals surface area (Å²) in [5.41, 5.74) is 10.8. The van der Waals surface area contributed by atoms with Crippen LogP contribution >= 0.6 is 30.5 Å². The quantitative estimate of drug-likeness (QED) is 0.0488. The van der Waals surface area contributed by atoms with E-state index in [0.717, 1.165) is 58.2 Å². The van der Waals surface area contributed by atoms with Gasteiger partial charge in [-0.1, -0.05) is 91.7 Å². The summed E-state index contributed by atoms with van der Waals surface area (Å²) in [7, 11) is -4.39. The molecule has 17 nitrogen and oxygen atoms in total. The topological polar surface area (TPSA) is 295 Å². The van der Waals surface area contributed by atoms with Gasteiger partial charge in [-0.2, -0.15) is 5.26 Å². The van der Waals surface area contributed by atoms with Crippen molar-refractivity contribution in [3.63, 3.8) is 0 Å². The number of aryl methyl sites for hydroxylation is 1. The van der Waals surface area contributed by atoms with Gasteiger partial charge in [-0.15, -0.1) is 11.3 Å². The molecule has 8 aromatic rings.